The molecule has 0 aliphatic carbocycles. The van der Waals surface area contributed by atoms with E-state index in [0.29, 0.717) is 0 Å². The van der Waals surface area contributed by atoms with Gasteiger partial charge in [-0.25, -0.2) is 0 Å². The molecule has 0 aromatic carbocycles. The molecule has 0 fully saturated rings. The molecule has 0 aliphatic rings. The van der Waals surface area contributed by atoms with Crippen LogP contribution >= 0.6 is 0 Å². The number of rotatable bonds is 5. The third kappa shape index (κ3) is 3.11. The van der Waals surface area contributed by atoms with Gasteiger partial charge in [0.1, 0.15) is 12.3 Å². The van der Waals surface area contributed by atoms with Crippen molar-refractivity contribution in [2.75, 3.05) is 0 Å². The van der Waals surface area contributed by atoms with E-state index in [2.05, 4.69) is 0 Å². The van der Waals surface area contributed by atoms with Crippen molar-refractivity contribution in [2.45, 2.75) is 12.5 Å². The average molecular weight is 175 g/mol. The summed E-state index contributed by atoms with van der Waals surface area (Å²) in [7, 11) is 0. The molecule has 0 aliphatic heterocycles. The highest BCUT2D eigenvalue weighted by Crippen LogP contribution is 2.04. The zero-order valence-electron chi connectivity index (χ0n) is 6.14. The molecule has 0 radical (unpaired) electrons. The molecule has 0 saturated carbocycles. The van der Waals surface area contributed by atoms with Gasteiger partial charge in [-0.1, -0.05) is 0 Å². The Morgan fingerprint density at radius 2 is 1.92 bits per heavy atom. The number of aliphatic carboxylic acids is 2. The summed E-state index contributed by atoms with van der Waals surface area (Å²) in [6.07, 6.45) is -0.316. The molecule has 0 aromatic heterocycles. The second-order valence-electron chi connectivity index (χ2n) is 2.26. The minimum absolute atomic E-state index is 0.243. The van der Waals surface area contributed by atoms with Crippen LogP contribution in [-0.2, 0) is 14.4 Å². The number of carbonyl (C=O) groups is 3. The van der Waals surface area contributed by atoms with Gasteiger partial charge in [0.25, 0.3) is 0 Å². The Morgan fingerprint density at radius 3 is 2.17 bits per heavy atom. The van der Waals surface area contributed by atoms with E-state index >= 15 is 0 Å². The first-order valence-electron chi connectivity index (χ1n) is 3.14. The summed E-state index contributed by atoms with van der Waals surface area (Å²) in [4.78, 5) is 30.5. The van der Waals surface area contributed by atoms with E-state index in [9.17, 15) is 14.4 Å². The minimum Gasteiger partial charge on any atom is -0.481 e. The van der Waals surface area contributed by atoms with Crippen LogP contribution < -0.4 is 5.73 Å². The highest BCUT2D eigenvalue weighted by atomic mass is 16.4. The van der Waals surface area contributed by atoms with Gasteiger partial charge in [-0.2, -0.15) is 0 Å². The maximum absolute atomic E-state index is 10.2. The largest absolute Gasteiger partial charge is 0.481 e. The lowest BCUT2D eigenvalue weighted by molar-refractivity contribution is -0.143. The minimum atomic E-state index is -1.45. The molecule has 4 N–H and O–H groups in total. The van der Waals surface area contributed by atoms with Crippen LogP contribution in [0, 0.1) is 5.92 Å². The van der Waals surface area contributed by atoms with E-state index < -0.39 is 30.3 Å². The summed E-state index contributed by atoms with van der Waals surface area (Å²) in [5.41, 5.74) is 5.03. The third-order valence-corrected chi connectivity index (χ3v) is 1.33. The Balaban J connectivity index is 4.23. The fraction of sp³-hybridized carbons (Fsp3) is 0.500. The van der Waals surface area contributed by atoms with Gasteiger partial charge in [-0.05, 0) is 0 Å². The third-order valence-electron chi connectivity index (χ3n) is 1.33. The van der Waals surface area contributed by atoms with Crippen LogP contribution in [0.3, 0.4) is 0 Å². The van der Waals surface area contributed by atoms with E-state index in [1.54, 1.807) is 0 Å². The summed E-state index contributed by atoms with van der Waals surface area (Å²) >= 11 is 0. The molecule has 0 rings (SSSR count). The highest BCUT2D eigenvalue weighted by Gasteiger charge is 2.25. The predicted octanol–water partition coefficient (Wildman–Crippen LogP) is -1.31. The summed E-state index contributed by atoms with van der Waals surface area (Å²) in [5.74, 6) is -3.79. The Morgan fingerprint density at radius 1 is 1.42 bits per heavy atom. The maximum atomic E-state index is 10.2. The molecule has 1 unspecified atom stereocenters. The Bertz CT molecular complexity index is 202. The van der Waals surface area contributed by atoms with Crippen molar-refractivity contribution < 1.29 is 24.6 Å². The predicted molar refractivity (Wildman–Crippen MR) is 37.4 cm³/mol. The van der Waals surface area contributed by atoms with Crippen molar-refractivity contribution in [3.8, 4) is 0 Å². The van der Waals surface area contributed by atoms with Crippen molar-refractivity contribution in [2.24, 2.45) is 11.7 Å². The van der Waals surface area contributed by atoms with Gasteiger partial charge >= 0.3 is 11.9 Å². The summed E-state index contributed by atoms with van der Waals surface area (Å²) in [6, 6.07) is -1.45. The molecule has 12 heavy (non-hydrogen) atoms. The number of carbonyl (C=O) groups excluding carboxylic acids is 1. The molecule has 6 nitrogen and oxygen atoms in total. The molecule has 0 saturated heterocycles. The Hall–Kier alpha value is -1.43. The second kappa shape index (κ2) is 4.45. The van der Waals surface area contributed by atoms with Gasteiger partial charge in [0.05, 0.1) is 12.3 Å². The quantitative estimate of drug-likeness (QED) is 0.446. The average Bonchev–Trinajstić information content (AvgIpc) is 1.98. The van der Waals surface area contributed by atoms with E-state index in [1.165, 1.54) is 0 Å². The topological polar surface area (TPSA) is 118 Å². The Labute approximate surface area is 68.0 Å². The molecular weight excluding hydrogens is 166 g/mol. The number of nitrogens with two attached hydrogens (primary N) is 1. The van der Waals surface area contributed by atoms with Gasteiger partial charge in [0.15, 0.2) is 0 Å². The van der Waals surface area contributed by atoms with E-state index in [-0.39, 0.29) is 6.29 Å². The molecule has 0 amide bonds. The van der Waals surface area contributed by atoms with Crippen molar-refractivity contribution in [3.05, 3.63) is 0 Å². The zero-order valence-corrected chi connectivity index (χ0v) is 6.14. The first kappa shape index (κ1) is 10.6. The summed E-state index contributed by atoms with van der Waals surface area (Å²) in [6.45, 7) is 0. The molecule has 0 aromatic rings. The lowest BCUT2D eigenvalue weighted by Gasteiger charge is -2.11. The number of carboxylic acids is 2. The number of carboxylic acid groups (broad SMARTS) is 2. The number of hydrogen-bond acceptors (Lipinski definition) is 4. The molecule has 0 spiro atoms. The van der Waals surface area contributed by atoms with Crippen molar-refractivity contribution in [1.29, 1.82) is 0 Å². The summed E-state index contributed by atoms with van der Waals surface area (Å²) in [5, 5.41) is 16.6. The Kier molecular flexibility index (Phi) is 3.92. The van der Waals surface area contributed by atoms with Crippen molar-refractivity contribution >= 4 is 18.2 Å². The van der Waals surface area contributed by atoms with Gasteiger partial charge in [-0.3, -0.25) is 9.59 Å². The first-order valence-corrected chi connectivity index (χ1v) is 3.14. The molecule has 2 atom stereocenters. The van der Waals surface area contributed by atoms with Gasteiger partial charge in [0.2, 0.25) is 0 Å². The van der Waals surface area contributed by atoms with Crippen LogP contribution in [0.2, 0.25) is 0 Å². The fourth-order valence-corrected chi connectivity index (χ4v) is 0.644. The maximum Gasteiger partial charge on any atom is 0.321 e. The van der Waals surface area contributed by atoms with E-state index in [1.807, 2.05) is 0 Å². The van der Waals surface area contributed by atoms with Crippen molar-refractivity contribution in [1.82, 2.24) is 0 Å². The van der Waals surface area contributed by atoms with Crippen molar-refractivity contribution in [3.63, 3.8) is 0 Å². The number of hydrogen-bond donors (Lipinski definition) is 3. The van der Waals surface area contributed by atoms with Crippen LogP contribution in [0.1, 0.15) is 6.42 Å². The molecule has 6 heteroatoms. The van der Waals surface area contributed by atoms with Crippen LogP contribution in [0.25, 0.3) is 0 Å². The van der Waals surface area contributed by atoms with Crippen LogP contribution in [0.15, 0.2) is 0 Å². The first-order chi connectivity index (χ1) is 5.49. The van der Waals surface area contributed by atoms with E-state index in [4.69, 9.17) is 15.9 Å². The molecule has 68 valence electrons. The molecule has 0 bridgehead atoms. The SMILES string of the molecule is N[C@H](C(=O)O)C(C=O)CC(=O)O. The standard InChI is InChI=1S/C6H9NO5/c7-5(6(11)12)3(2-8)1-4(9)10/h2-3,5H,1,7H2,(H,9,10)(H,11,12)/t3?,5-/m0/s1. The van der Waals surface area contributed by atoms with Gasteiger partial charge in [0, 0.05) is 0 Å². The molecule has 0 heterocycles. The van der Waals surface area contributed by atoms with Crippen LogP contribution in [0.4, 0.5) is 0 Å². The molecular formula is C6H9NO5. The highest BCUT2D eigenvalue weighted by molar-refractivity contribution is 5.81. The monoisotopic (exact) mass is 175 g/mol. The number of aldehydes is 1. The fourth-order valence-electron chi connectivity index (χ4n) is 0.644. The van der Waals surface area contributed by atoms with Crippen LogP contribution in [-0.4, -0.2) is 34.5 Å². The second-order valence-corrected chi connectivity index (χ2v) is 2.26. The van der Waals surface area contributed by atoms with Gasteiger partial charge in [-0.15, -0.1) is 0 Å². The lowest BCUT2D eigenvalue weighted by Crippen LogP contribution is -2.39. The normalized spacial score (nSPS) is 14.8. The summed E-state index contributed by atoms with van der Waals surface area (Å²) < 4.78 is 0. The van der Waals surface area contributed by atoms with E-state index in [0.717, 1.165) is 0 Å². The lowest BCUT2D eigenvalue weighted by atomic mass is 9.99. The van der Waals surface area contributed by atoms with Crippen LogP contribution in [0.5, 0.6) is 0 Å². The smallest absolute Gasteiger partial charge is 0.321 e. The van der Waals surface area contributed by atoms with Gasteiger partial charge < -0.3 is 20.7 Å². The zero-order chi connectivity index (χ0) is 9.72.